The summed E-state index contributed by atoms with van der Waals surface area (Å²) < 4.78 is 10.4. The molecule has 0 unspecified atom stereocenters. The smallest absolute Gasteiger partial charge is 0.408 e. The minimum Gasteiger partial charge on any atom is -0.457 e. The van der Waals surface area contributed by atoms with Crippen LogP contribution in [0.3, 0.4) is 0 Å². The Morgan fingerprint density at radius 1 is 1.00 bits per heavy atom. The lowest BCUT2D eigenvalue weighted by molar-refractivity contribution is -0.117. The number of anilines is 1. The van der Waals surface area contributed by atoms with E-state index in [1.807, 2.05) is 30.3 Å². The first-order valence-corrected chi connectivity index (χ1v) is 9.25. The molecular weight excluding hydrogens is 372 g/mol. The van der Waals surface area contributed by atoms with E-state index in [1.165, 1.54) is 13.0 Å². The number of hydrogen-bond acceptors (Lipinski definition) is 5. The van der Waals surface area contributed by atoms with Crippen molar-refractivity contribution in [2.75, 3.05) is 5.32 Å². The van der Waals surface area contributed by atoms with Crippen molar-refractivity contribution in [3.63, 3.8) is 0 Å². The average Bonchev–Trinajstić information content (AvgIpc) is 2.65. The Hall–Kier alpha value is -3.35. The van der Waals surface area contributed by atoms with Gasteiger partial charge in [-0.15, -0.1) is 0 Å². The van der Waals surface area contributed by atoms with Crippen LogP contribution in [-0.2, 0) is 20.9 Å². The quantitative estimate of drug-likeness (QED) is 0.720. The van der Waals surface area contributed by atoms with Crippen molar-refractivity contribution in [1.82, 2.24) is 5.32 Å². The summed E-state index contributed by atoms with van der Waals surface area (Å²) in [5.41, 5.74) is 0.954. The normalized spacial score (nSPS) is 11.9. The molecule has 2 aromatic carbocycles. The maximum atomic E-state index is 12.3. The van der Waals surface area contributed by atoms with E-state index < -0.39 is 29.6 Å². The van der Waals surface area contributed by atoms with Crippen LogP contribution in [0.1, 0.15) is 43.6 Å². The highest BCUT2D eigenvalue weighted by atomic mass is 16.6. The summed E-state index contributed by atoms with van der Waals surface area (Å²) in [7, 11) is 0. The fourth-order valence-electron chi connectivity index (χ4n) is 2.33. The van der Waals surface area contributed by atoms with Gasteiger partial charge < -0.3 is 20.1 Å². The van der Waals surface area contributed by atoms with E-state index in [4.69, 9.17) is 9.47 Å². The van der Waals surface area contributed by atoms with E-state index >= 15 is 0 Å². The SMILES string of the molecule is C[C@H](NC(=O)OC(C)(C)C)C(=O)Nc1cccc(C(=O)OCc2ccccc2)c1. The summed E-state index contributed by atoms with van der Waals surface area (Å²) in [6.45, 7) is 6.91. The maximum Gasteiger partial charge on any atom is 0.408 e. The summed E-state index contributed by atoms with van der Waals surface area (Å²) in [6, 6.07) is 14.9. The van der Waals surface area contributed by atoms with Crippen LogP contribution in [0, 0.1) is 0 Å². The van der Waals surface area contributed by atoms with E-state index in [0.29, 0.717) is 11.3 Å². The van der Waals surface area contributed by atoms with Crippen molar-refractivity contribution in [2.45, 2.75) is 45.9 Å². The number of esters is 1. The fraction of sp³-hybridized carbons (Fsp3) is 0.318. The third-order valence-electron chi connectivity index (χ3n) is 3.71. The molecule has 0 bridgehead atoms. The van der Waals surface area contributed by atoms with Crippen molar-refractivity contribution in [3.05, 3.63) is 65.7 Å². The molecule has 2 amide bonds. The van der Waals surface area contributed by atoms with Crippen molar-refractivity contribution in [3.8, 4) is 0 Å². The van der Waals surface area contributed by atoms with Crippen molar-refractivity contribution >= 4 is 23.7 Å². The lowest BCUT2D eigenvalue weighted by Crippen LogP contribution is -2.43. The minimum absolute atomic E-state index is 0.160. The molecule has 0 fully saturated rings. The number of carbonyl (C=O) groups is 3. The lowest BCUT2D eigenvalue weighted by Gasteiger charge is -2.21. The standard InChI is InChI=1S/C22H26N2O5/c1-15(23-21(27)29-22(2,3)4)19(25)24-18-12-8-11-17(13-18)20(26)28-14-16-9-6-5-7-10-16/h5-13,15H,14H2,1-4H3,(H,23,27)(H,24,25)/t15-/m0/s1. The Bertz CT molecular complexity index is 859. The van der Waals surface area contributed by atoms with Gasteiger partial charge in [-0.1, -0.05) is 36.4 Å². The van der Waals surface area contributed by atoms with Gasteiger partial charge in [0.05, 0.1) is 5.56 Å². The second kappa shape index (κ2) is 9.73. The van der Waals surface area contributed by atoms with Gasteiger partial charge in [-0.05, 0) is 51.5 Å². The summed E-state index contributed by atoms with van der Waals surface area (Å²) in [4.78, 5) is 36.4. The average molecular weight is 398 g/mol. The van der Waals surface area contributed by atoms with E-state index in [9.17, 15) is 14.4 Å². The molecule has 2 N–H and O–H groups in total. The van der Waals surface area contributed by atoms with Crippen molar-refractivity contribution in [1.29, 1.82) is 0 Å². The highest BCUT2D eigenvalue weighted by Gasteiger charge is 2.21. The largest absolute Gasteiger partial charge is 0.457 e. The van der Waals surface area contributed by atoms with Crippen LogP contribution in [0.25, 0.3) is 0 Å². The minimum atomic E-state index is -0.821. The first kappa shape index (κ1) is 21.9. The van der Waals surface area contributed by atoms with Crippen LogP contribution >= 0.6 is 0 Å². The Labute approximate surface area is 170 Å². The van der Waals surface area contributed by atoms with Gasteiger partial charge >= 0.3 is 12.1 Å². The van der Waals surface area contributed by atoms with Gasteiger partial charge in [0, 0.05) is 5.69 Å². The topological polar surface area (TPSA) is 93.7 Å². The fourth-order valence-corrected chi connectivity index (χ4v) is 2.33. The second-order valence-corrected chi connectivity index (χ2v) is 7.50. The zero-order chi connectivity index (χ0) is 21.4. The summed E-state index contributed by atoms with van der Waals surface area (Å²) in [6.07, 6.45) is -0.682. The van der Waals surface area contributed by atoms with Gasteiger partial charge in [-0.25, -0.2) is 9.59 Å². The van der Waals surface area contributed by atoms with Gasteiger partial charge in [0.25, 0.3) is 0 Å². The first-order chi connectivity index (χ1) is 13.6. The van der Waals surface area contributed by atoms with Gasteiger partial charge in [-0.2, -0.15) is 0 Å². The number of carbonyl (C=O) groups excluding carboxylic acids is 3. The molecule has 7 nitrogen and oxygen atoms in total. The maximum absolute atomic E-state index is 12.3. The molecular formula is C22H26N2O5. The Morgan fingerprint density at radius 3 is 2.34 bits per heavy atom. The van der Waals surface area contributed by atoms with Crippen molar-refractivity contribution in [2.24, 2.45) is 0 Å². The second-order valence-electron chi connectivity index (χ2n) is 7.50. The number of amides is 2. The van der Waals surface area contributed by atoms with Crippen LogP contribution in [-0.4, -0.2) is 29.6 Å². The number of nitrogens with one attached hydrogen (secondary N) is 2. The van der Waals surface area contributed by atoms with Gasteiger partial charge in [0.2, 0.25) is 5.91 Å². The predicted octanol–water partition coefficient (Wildman–Crippen LogP) is 3.90. The van der Waals surface area contributed by atoms with E-state index in [0.717, 1.165) is 5.56 Å². The van der Waals surface area contributed by atoms with Crippen LogP contribution < -0.4 is 10.6 Å². The number of benzene rings is 2. The monoisotopic (exact) mass is 398 g/mol. The molecule has 154 valence electrons. The molecule has 0 aliphatic carbocycles. The Morgan fingerprint density at radius 2 is 1.69 bits per heavy atom. The molecule has 7 heteroatoms. The molecule has 0 radical (unpaired) electrons. The van der Waals surface area contributed by atoms with Crippen LogP contribution in [0.15, 0.2) is 54.6 Å². The third kappa shape index (κ3) is 7.65. The molecule has 0 saturated heterocycles. The lowest BCUT2D eigenvalue weighted by atomic mass is 10.2. The van der Waals surface area contributed by atoms with Gasteiger partial charge in [0.1, 0.15) is 18.2 Å². The molecule has 0 aromatic heterocycles. The number of rotatable bonds is 6. The van der Waals surface area contributed by atoms with E-state index in [2.05, 4.69) is 10.6 Å². The molecule has 0 saturated carbocycles. The molecule has 0 heterocycles. The molecule has 0 spiro atoms. The summed E-state index contributed by atoms with van der Waals surface area (Å²) in [5, 5.41) is 5.13. The molecule has 29 heavy (non-hydrogen) atoms. The molecule has 0 aliphatic rings. The Kier molecular flexibility index (Phi) is 7.36. The van der Waals surface area contributed by atoms with Crippen molar-refractivity contribution < 1.29 is 23.9 Å². The summed E-state index contributed by atoms with van der Waals surface area (Å²) in [5.74, 6) is -0.935. The Balaban J connectivity index is 1.92. The first-order valence-electron chi connectivity index (χ1n) is 9.25. The molecule has 1 atom stereocenters. The highest BCUT2D eigenvalue weighted by Crippen LogP contribution is 2.13. The highest BCUT2D eigenvalue weighted by molar-refractivity contribution is 5.98. The zero-order valence-electron chi connectivity index (χ0n) is 17.0. The summed E-state index contributed by atoms with van der Waals surface area (Å²) >= 11 is 0. The van der Waals surface area contributed by atoms with Gasteiger partial charge in [-0.3, -0.25) is 4.79 Å². The van der Waals surface area contributed by atoms with E-state index in [-0.39, 0.29) is 6.61 Å². The zero-order valence-corrected chi connectivity index (χ0v) is 17.0. The van der Waals surface area contributed by atoms with Gasteiger partial charge in [0.15, 0.2) is 0 Å². The van der Waals surface area contributed by atoms with Crippen LogP contribution in [0.4, 0.5) is 10.5 Å². The molecule has 2 aromatic rings. The number of ether oxygens (including phenoxy) is 2. The van der Waals surface area contributed by atoms with Crippen LogP contribution in [0.2, 0.25) is 0 Å². The molecule has 2 rings (SSSR count). The third-order valence-corrected chi connectivity index (χ3v) is 3.71. The molecule has 0 aliphatic heterocycles. The predicted molar refractivity (Wildman–Crippen MR) is 109 cm³/mol. The van der Waals surface area contributed by atoms with E-state index in [1.54, 1.807) is 39.0 Å². The number of alkyl carbamates (subject to hydrolysis) is 1. The van der Waals surface area contributed by atoms with Crippen LogP contribution in [0.5, 0.6) is 0 Å². The number of hydrogen-bond donors (Lipinski definition) is 2.